The molecule has 0 unspecified atom stereocenters. The predicted octanol–water partition coefficient (Wildman–Crippen LogP) is 1.91. The Balaban J connectivity index is 1.62. The second-order valence-corrected chi connectivity index (χ2v) is 4.57. The first kappa shape index (κ1) is 13.2. The van der Waals surface area contributed by atoms with E-state index in [0.29, 0.717) is 17.1 Å². The van der Waals surface area contributed by atoms with Gasteiger partial charge in [-0.2, -0.15) is 0 Å². The fraction of sp³-hybridized carbons (Fsp3) is 0.125. The highest BCUT2D eigenvalue weighted by molar-refractivity contribution is 6.42. The van der Waals surface area contributed by atoms with Gasteiger partial charge in [-0.25, -0.2) is 0 Å². The summed E-state index contributed by atoms with van der Waals surface area (Å²) < 4.78 is 10.5. The van der Waals surface area contributed by atoms with Crippen molar-refractivity contribution in [3.05, 3.63) is 59.7 Å². The fourth-order valence-electron chi connectivity index (χ4n) is 2.03. The van der Waals surface area contributed by atoms with E-state index in [1.165, 1.54) is 0 Å². The maximum Gasteiger partial charge on any atom is 0.292 e. The number of benzene rings is 2. The number of nitrogens with one attached hydrogen (secondary N) is 1. The lowest BCUT2D eigenvalue weighted by molar-refractivity contribution is -0.117. The molecule has 1 aliphatic rings. The molecule has 0 spiro atoms. The standard InChI is InChI=1S/C16H13NO4/c18-15(12-4-2-1-3-5-12)16(19)17-9-11-6-7-13-14(8-11)21-10-20-13/h1-8H,9-10H2,(H,17,19). The molecule has 0 aliphatic carbocycles. The van der Waals surface area contributed by atoms with Crippen LogP contribution in [0.5, 0.6) is 11.5 Å². The van der Waals surface area contributed by atoms with Crippen LogP contribution in [0.15, 0.2) is 48.5 Å². The van der Waals surface area contributed by atoms with Crippen LogP contribution in [-0.2, 0) is 11.3 Å². The van der Waals surface area contributed by atoms with E-state index in [9.17, 15) is 9.59 Å². The summed E-state index contributed by atoms with van der Waals surface area (Å²) in [6.45, 7) is 0.464. The minimum atomic E-state index is -0.626. The van der Waals surface area contributed by atoms with Crippen LogP contribution in [-0.4, -0.2) is 18.5 Å². The maximum atomic E-state index is 11.9. The minimum absolute atomic E-state index is 0.206. The van der Waals surface area contributed by atoms with Gasteiger partial charge < -0.3 is 14.8 Å². The van der Waals surface area contributed by atoms with Crippen molar-refractivity contribution >= 4 is 11.7 Å². The van der Waals surface area contributed by atoms with Crippen LogP contribution in [0.3, 0.4) is 0 Å². The van der Waals surface area contributed by atoms with Gasteiger partial charge in [0, 0.05) is 12.1 Å². The lowest BCUT2D eigenvalue weighted by Crippen LogP contribution is -2.30. The van der Waals surface area contributed by atoms with Crippen LogP contribution in [0, 0.1) is 0 Å². The van der Waals surface area contributed by atoms with Crippen molar-refractivity contribution in [3.63, 3.8) is 0 Å². The number of hydrogen-bond acceptors (Lipinski definition) is 4. The van der Waals surface area contributed by atoms with Crippen LogP contribution in [0.2, 0.25) is 0 Å². The van der Waals surface area contributed by atoms with Gasteiger partial charge in [-0.3, -0.25) is 9.59 Å². The van der Waals surface area contributed by atoms with Crippen LogP contribution < -0.4 is 14.8 Å². The Hall–Kier alpha value is -2.82. The maximum absolute atomic E-state index is 11.9. The molecule has 5 nitrogen and oxygen atoms in total. The Labute approximate surface area is 121 Å². The first-order valence-electron chi connectivity index (χ1n) is 6.50. The Morgan fingerprint density at radius 3 is 2.57 bits per heavy atom. The Kier molecular flexibility index (Phi) is 3.55. The van der Waals surface area contributed by atoms with E-state index in [-0.39, 0.29) is 13.3 Å². The lowest BCUT2D eigenvalue weighted by Gasteiger charge is -2.05. The Morgan fingerprint density at radius 1 is 1.00 bits per heavy atom. The second kappa shape index (κ2) is 5.66. The van der Waals surface area contributed by atoms with Gasteiger partial charge in [0.05, 0.1) is 0 Å². The third-order valence-electron chi connectivity index (χ3n) is 3.13. The van der Waals surface area contributed by atoms with E-state index in [2.05, 4.69) is 5.32 Å². The number of rotatable bonds is 4. The zero-order valence-electron chi connectivity index (χ0n) is 11.2. The summed E-state index contributed by atoms with van der Waals surface area (Å²) in [5.74, 6) is 0.164. The summed E-state index contributed by atoms with van der Waals surface area (Å²) >= 11 is 0. The van der Waals surface area contributed by atoms with E-state index >= 15 is 0 Å². The van der Waals surface area contributed by atoms with E-state index in [1.54, 1.807) is 42.5 Å². The summed E-state index contributed by atoms with van der Waals surface area (Å²) in [4.78, 5) is 23.7. The zero-order valence-corrected chi connectivity index (χ0v) is 11.2. The predicted molar refractivity (Wildman–Crippen MR) is 75.2 cm³/mol. The number of ether oxygens (including phenoxy) is 2. The smallest absolute Gasteiger partial charge is 0.292 e. The van der Waals surface area contributed by atoms with E-state index in [0.717, 1.165) is 5.56 Å². The number of hydrogen-bond donors (Lipinski definition) is 1. The average Bonchev–Trinajstić information content (AvgIpc) is 3.00. The normalized spacial score (nSPS) is 12.0. The quantitative estimate of drug-likeness (QED) is 0.687. The van der Waals surface area contributed by atoms with Crippen molar-refractivity contribution in [1.82, 2.24) is 5.32 Å². The average molecular weight is 283 g/mol. The van der Waals surface area contributed by atoms with Crippen LogP contribution in [0.25, 0.3) is 0 Å². The minimum Gasteiger partial charge on any atom is -0.454 e. The molecule has 0 bridgehead atoms. The van der Waals surface area contributed by atoms with Crippen LogP contribution in [0.4, 0.5) is 0 Å². The third kappa shape index (κ3) is 2.86. The summed E-state index contributed by atoms with van der Waals surface area (Å²) in [7, 11) is 0. The molecule has 1 heterocycles. The van der Waals surface area contributed by atoms with Crippen LogP contribution >= 0.6 is 0 Å². The summed E-state index contributed by atoms with van der Waals surface area (Å²) in [5, 5.41) is 2.60. The van der Waals surface area contributed by atoms with Crippen molar-refractivity contribution < 1.29 is 19.1 Å². The molecule has 0 fully saturated rings. The molecule has 0 saturated heterocycles. The van der Waals surface area contributed by atoms with E-state index in [4.69, 9.17) is 9.47 Å². The van der Waals surface area contributed by atoms with Gasteiger partial charge in [0.1, 0.15) is 0 Å². The fourth-order valence-corrected chi connectivity index (χ4v) is 2.03. The molecular formula is C16H13NO4. The largest absolute Gasteiger partial charge is 0.454 e. The molecule has 5 heteroatoms. The first-order valence-corrected chi connectivity index (χ1v) is 6.50. The number of fused-ring (bicyclic) bond motifs is 1. The molecule has 2 aromatic carbocycles. The van der Waals surface area contributed by atoms with Gasteiger partial charge in [0.25, 0.3) is 5.91 Å². The van der Waals surface area contributed by atoms with Crippen LogP contribution in [0.1, 0.15) is 15.9 Å². The molecule has 106 valence electrons. The highest BCUT2D eigenvalue weighted by Crippen LogP contribution is 2.32. The van der Waals surface area contributed by atoms with E-state index in [1.807, 2.05) is 6.07 Å². The molecule has 0 radical (unpaired) electrons. The van der Waals surface area contributed by atoms with Crippen molar-refractivity contribution in [2.45, 2.75) is 6.54 Å². The van der Waals surface area contributed by atoms with Crippen molar-refractivity contribution in [2.75, 3.05) is 6.79 Å². The second-order valence-electron chi connectivity index (χ2n) is 4.57. The van der Waals surface area contributed by atoms with Crippen molar-refractivity contribution in [3.8, 4) is 11.5 Å². The molecule has 1 amide bonds. The molecule has 1 aliphatic heterocycles. The molecule has 2 aromatic rings. The van der Waals surface area contributed by atoms with Gasteiger partial charge in [0.2, 0.25) is 12.6 Å². The monoisotopic (exact) mass is 283 g/mol. The van der Waals surface area contributed by atoms with Gasteiger partial charge in [-0.05, 0) is 17.7 Å². The van der Waals surface area contributed by atoms with E-state index < -0.39 is 11.7 Å². The summed E-state index contributed by atoms with van der Waals surface area (Å²) in [6, 6.07) is 13.8. The Bertz CT molecular complexity index is 682. The summed E-state index contributed by atoms with van der Waals surface area (Å²) in [6.07, 6.45) is 0. The number of amides is 1. The number of ketones is 1. The zero-order chi connectivity index (χ0) is 14.7. The molecule has 0 aromatic heterocycles. The van der Waals surface area contributed by atoms with Gasteiger partial charge in [-0.1, -0.05) is 36.4 Å². The molecule has 21 heavy (non-hydrogen) atoms. The highest BCUT2D eigenvalue weighted by atomic mass is 16.7. The number of carbonyl (C=O) groups is 2. The molecule has 1 N–H and O–H groups in total. The molecule has 0 atom stereocenters. The summed E-state index contributed by atoms with van der Waals surface area (Å²) in [5.41, 5.74) is 1.22. The van der Waals surface area contributed by atoms with Crippen molar-refractivity contribution in [1.29, 1.82) is 0 Å². The topological polar surface area (TPSA) is 64.6 Å². The van der Waals surface area contributed by atoms with Gasteiger partial charge in [0.15, 0.2) is 11.5 Å². The lowest BCUT2D eigenvalue weighted by atomic mass is 10.1. The molecule has 0 saturated carbocycles. The third-order valence-corrected chi connectivity index (χ3v) is 3.13. The van der Waals surface area contributed by atoms with Crippen molar-refractivity contribution in [2.24, 2.45) is 0 Å². The first-order chi connectivity index (χ1) is 10.2. The number of carbonyl (C=O) groups excluding carboxylic acids is 2. The van der Waals surface area contributed by atoms with Gasteiger partial charge in [-0.15, -0.1) is 0 Å². The SMILES string of the molecule is O=C(NCc1ccc2c(c1)OCO2)C(=O)c1ccccc1. The molecular weight excluding hydrogens is 270 g/mol. The number of Topliss-reactive ketones (excluding diaryl/α,β-unsaturated/α-hetero) is 1. The van der Waals surface area contributed by atoms with Gasteiger partial charge >= 0.3 is 0 Å². The Morgan fingerprint density at radius 2 is 1.76 bits per heavy atom. The highest BCUT2D eigenvalue weighted by Gasteiger charge is 2.16. The molecule has 3 rings (SSSR count).